The van der Waals surface area contributed by atoms with Gasteiger partial charge in [0.2, 0.25) is 0 Å². The maximum Gasteiger partial charge on any atom is 0.334 e. The summed E-state index contributed by atoms with van der Waals surface area (Å²) in [5.74, 6) is -0.128. The van der Waals surface area contributed by atoms with Gasteiger partial charge in [0.15, 0.2) is 6.10 Å². The lowest BCUT2D eigenvalue weighted by atomic mass is 9.45. The first-order chi connectivity index (χ1) is 11.2. The number of esters is 1. The van der Waals surface area contributed by atoms with Gasteiger partial charge in [-0.05, 0) is 48.5 Å². The van der Waals surface area contributed by atoms with E-state index in [0.717, 1.165) is 36.8 Å². The quantitative estimate of drug-likeness (QED) is 0.670. The molecule has 1 aliphatic heterocycles. The van der Waals surface area contributed by atoms with Crippen molar-refractivity contribution in [2.75, 3.05) is 0 Å². The maximum absolute atomic E-state index is 12.0. The SMILES string of the molecule is CC1=C2C=C3C(O)CC4C(C)(C)CCCC4(C)C3C(O)C2OC1=O. The van der Waals surface area contributed by atoms with E-state index in [1.165, 1.54) is 0 Å². The lowest BCUT2D eigenvalue weighted by molar-refractivity contribution is -0.157. The molecule has 4 heteroatoms. The molecule has 6 atom stereocenters. The highest BCUT2D eigenvalue weighted by Gasteiger charge is 2.60. The second kappa shape index (κ2) is 4.95. The molecule has 0 amide bonds. The first kappa shape index (κ1) is 16.3. The van der Waals surface area contributed by atoms with Gasteiger partial charge < -0.3 is 14.9 Å². The summed E-state index contributed by atoms with van der Waals surface area (Å²) >= 11 is 0. The Balaban J connectivity index is 1.84. The molecule has 0 bridgehead atoms. The molecule has 2 saturated carbocycles. The van der Waals surface area contributed by atoms with E-state index in [0.29, 0.717) is 11.5 Å². The Bertz CT molecular complexity index is 659. The Morgan fingerprint density at radius 2 is 1.92 bits per heavy atom. The highest BCUT2D eigenvalue weighted by atomic mass is 16.6. The number of hydrogen-bond donors (Lipinski definition) is 2. The molecule has 4 rings (SSSR count). The van der Waals surface area contributed by atoms with Gasteiger partial charge >= 0.3 is 5.97 Å². The van der Waals surface area contributed by atoms with Gasteiger partial charge in [-0.25, -0.2) is 4.79 Å². The molecule has 0 spiro atoms. The number of rotatable bonds is 0. The monoisotopic (exact) mass is 332 g/mol. The highest BCUT2D eigenvalue weighted by molar-refractivity contribution is 5.92. The van der Waals surface area contributed by atoms with Gasteiger partial charge in [-0.15, -0.1) is 0 Å². The molecule has 132 valence electrons. The van der Waals surface area contributed by atoms with E-state index in [-0.39, 0.29) is 22.7 Å². The number of carbonyl (C=O) groups is 1. The van der Waals surface area contributed by atoms with Crippen LogP contribution in [-0.4, -0.2) is 34.5 Å². The molecule has 0 saturated heterocycles. The third-order valence-electron chi connectivity index (χ3n) is 7.44. The zero-order valence-corrected chi connectivity index (χ0v) is 15.0. The van der Waals surface area contributed by atoms with Gasteiger partial charge in [0.1, 0.15) is 6.10 Å². The molecule has 24 heavy (non-hydrogen) atoms. The molecule has 2 N–H and O–H groups in total. The Morgan fingerprint density at radius 3 is 2.62 bits per heavy atom. The molecule has 0 aromatic rings. The second-order valence-corrected chi connectivity index (χ2v) is 9.17. The second-order valence-electron chi connectivity index (χ2n) is 9.17. The molecule has 1 heterocycles. The van der Waals surface area contributed by atoms with Crippen molar-refractivity contribution in [1.82, 2.24) is 0 Å². The first-order valence-corrected chi connectivity index (χ1v) is 9.16. The summed E-state index contributed by atoms with van der Waals surface area (Å²) in [7, 11) is 0. The minimum atomic E-state index is -0.766. The van der Waals surface area contributed by atoms with E-state index in [9.17, 15) is 15.0 Å². The standard InChI is InChI=1S/C20H28O4/c1-10-11-8-12-13(21)9-14-19(2,3)6-5-7-20(14,4)15(12)16(22)17(11)24-18(10)23/h8,13-17,21-22H,5-7,9H2,1-4H3. The summed E-state index contributed by atoms with van der Waals surface area (Å²) in [6.45, 7) is 8.59. The van der Waals surface area contributed by atoms with Crippen molar-refractivity contribution in [2.45, 2.75) is 71.7 Å². The third-order valence-corrected chi connectivity index (χ3v) is 7.44. The van der Waals surface area contributed by atoms with Crippen molar-refractivity contribution in [3.63, 3.8) is 0 Å². The average molecular weight is 332 g/mol. The van der Waals surface area contributed by atoms with Gasteiger partial charge in [-0.3, -0.25) is 0 Å². The summed E-state index contributed by atoms with van der Waals surface area (Å²) in [6, 6.07) is 0. The summed E-state index contributed by atoms with van der Waals surface area (Å²) in [5.41, 5.74) is 2.31. The molecular weight excluding hydrogens is 304 g/mol. The smallest absolute Gasteiger partial charge is 0.334 e. The minimum Gasteiger partial charge on any atom is -0.451 e. The van der Waals surface area contributed by atoms with Crippen LogP contribution in [0.5, 0.6) is 0 Å². The molecular formula is C20H28O4. The third kappa shape index (κ3) is 1.96. The minimum absolute atomic E-state index is 0.0688. The largest absolute Gasteiger partial charge is 0.451 e. The average Bonchev–Trinajstić information content (AvgIpc) is 2.78. The molecule has 2 fully saturated rings. The number of aliphatic hydroxyl groups excluding tert-OH is 2. The predicted molar refractivity (Wildman–Crippen MR) is 90.0 cm³/mol. The van der Waals surface area contributed by atoms with Crippen LogP contribution in [0.2, 0.25) is 0 Å². The van der Waals surface area contributed by atoms with E-state index in [1.54, 1.807) is 6.92 Å². The van der Waals surface area contributed by atoms with Crippen LogP contribution in [-0.2, 0) is 9.53 Å². The van der Waals surface area contributed by atoms with Crippen LogP contribution in [0.25, 0.3) is 0 Å². The van der Waals surface area contributed by atoms with E-state index < -0.39 is 18.3 Å². The lowest BCUT2D eigenvalue weighted by Gasteiger charge is -2.61. The van der Waals surface area contributed by atoms with Crippen molar-refractivity contribution >= 4 is 5.97 Å². The van der Waals surface area contributed by atoms with Crippen molar-refractivity contribution in [3.05, 3.63) is 22.8 Å². The van der Waals surface area contributed by atoms with E-state index in [1.807, 2.05) is 6.08 Å². The number of fused-ring (bicyclic) bond motifs is 4. The number of carbonyl (C=O) groups excluding carboxylic acids is 1. The zero-order chi connectivity index (χ0) is 17.4. The fraction of sp³-hybridized carbons (Fsp3) is 0.750. The maximum atomic E-state index is 12.0. The van der Waals surface area contributed by atoms with Crippen LogP contribution in [0.1, 0.15) is 53.4 Å². The Hall–Kier alpha value is -1.13. The highest BCUT2D eigenvalue weighted by Crippen LogP contribution is 2.63. The molecule has 4 aliphatic rings. The molecule has 0 aromatic carbocycles. The van der Waals surface area contributed by atoms with E-state index >= 15 is 0 Å². The number of aliphatic hydroxyl groups is 2. The summed E-state index contributed by atoms with van der Waals surface area (Å²) in [5, 5.41) is 22.0. The van der Waals surface area contributed by atoms with Crippen LogP contribution < -0.4 is 0 Å². The molecule has 3 aliphatic carbocycles. The van der Waals surface area contributed by atoms with Gasteiger partial charge in [-0.1, -0.05) is 33.3 Å². The number of ether oxygens (including phenoxy) is 1. The lowest BCUT2D eigenvalue weighted by Crippen LogP contribution is -2.59. The topological polar surface area (TPSA) is 66.8 Å². The Morgan fingerprint density at radius 1 is 1.21 bits per heavy atom. The Labute approximate surface area is 143 Å². The van der Waals surface area contributed by atoms with Gasteiger partial charge in [0.05, 0.1) is 6.10 Å². The molecule has 6 unspecified atom stereocenters. The fourth-order valence-electron chi connectivity index (χ4n) is 6.24. The van der Waals surface area contributed by atoms with Crippen molar-refractivity contribution in [2.24, 2.45) is 22.7 Å². The summed E-state index contributed by atoms with van der Waals surface area (Å²) in [6.07, 6.45) is 4.16. The molecule has 0 aromatic heterocycles. The Kier molecular flexibility index (Phi) is 3.37. The van der Waals surface area contributed by atoms with Crippen molar-refractivity contribution < 1.29 is 19.7 Å². The van der Waals surface area contributed by atoms with Crippen LogP contribution in [0, 0.1) is 22.7 Å². The zero-order valence-electron chi connectivity index (χ0n) is 15.0. The van der Waals surface area contributed by atoms with Crippen molar-refractivity contribution in [1.29, 1.82) is 0 Å². The first-order valence-electron chi connectivity index (χ1n) is 9.16. The van der Waals surface area contributed by atoms with Gasteiger partial charge in [0.25, 0.3) is 0 Å². The number of hydrogen-bond acceptors (Lipinski definition) is 4. The van der Waals surface area contributed by atoms with Crippen LogP contribution in [0.4, 0.5) is 0 Å². The van der Waals surface area contributed by atoms with E-state index in [2.05, 4.69) is 20.8 Å². The normalized spacial score (nSPS) is 46.7. The van der Waals surface area contributed by atoms with Gasteiger partial charge in [0, 0.05) is 17.1 Å². The van der Waals surface area contributed by atoms with Crippen LogP contribution >= 0.6 is 0 Å². The predicted octanol–water partition coefficient (Wildman–Crippen LogP) is 2.74. The van der Waals surface area contributed by atoms with Crippen LogP contribution in [0.3, 0.4) is 0 Å². The van der Waals surface area contributed by atoms with Crippen LogP contribution in [0.15, 0.2) is 22.8 Å². The van der Waals surface area contributed by atoms with E-state index in [4.69, 9.17) is 4.74 Å². The molecule has 4 nitrogen and oxygen atoms in total. The molecule has 0 radical (unpaired) electrons. The fourth-order valence-corrected chi connectivity index (χ4v) is 6.24. The summed E-state index contributed by atoms with van der Waals surface area (Å²) < 4.78 is 5.46. The van der Waals surface area contributed by atoms with Gasteiger partial charge in [-0.2, -0.15) is 0 Å². The van der Waals surface area contributed by atoms with Crippen molar-refractivity contribution in [3.8, 4) is 0 Å². The summed E-state index contributed by atoms with van der Waals surface area (Å²) in [4.78, 5) is 12.0.